The Balaban J connectivity index is 2.61. The number of carbonyl (C=O) groups excluding carboxylic acids is 1. The van der Waals surface area contributed by atoms with Crippen LogP contribution in [0.4, 0.5) is 4.79 Å². The summed E-state index contributed by atoms with van der Waals surface area (Å²) in [5.41, 5.74) is 5.71. The summed E-state index contributed by atoms with van der Waals surface area (Å²) < 4.78 is 5.08. The Labute approximate surface area is 121 Å². The van der Waals surface area contributed by atoms with Crippen LogP contribution in [-0.4, -0.2) is 28.2 Å². The highest BCUT2D eigenvalue weighted by Gasteiger charge is 2.19. The van der Waals surface area contributed by atoms with Crippen molar-refractivity contribution in [3.8, 4) is 0 Å². The van der Waals surface area contributed by atoms with Gasteiger partial charge in [-0.05, 0) is 20.8 Å². The van der Waals surface area contributed by atoms with Crippen LogP contribution in [0.25, 0.3) is 0 Å². The number of rotatable bonds is 3. The van der Waals surface area contributed by atoms with Gasteiger partial charge < -0.3 is 15.8 Å². The van der Waals surface area contributed by atoms with Gasteiger partial charge in [0.15, 0.2) is 0 Å². The lowest BCUT2D eigenvalue weighted by Gasteiger charge is -2.21. The summed E-state index contributed by atoms with van der Waals surface area (Å²) in [6.07, 6.45) is 0.675. The molecule has 0 aliphatic carbocycles. The van der Waals surface area contributed by atoms with Crippen molar-refractivity contribution >= 4 is 29.3 Å². The maximum atomic E-state index is 11.5. The largest absolute Gasteiger partial charge is 0.444 e. The molecule has 6 nitrogen and oxygen atoms in total. The fourth-order valence-corrected chi connectivity index (χ4v) is 1.86. The van der Waals surface area contributed by atoms with Crippen LogP contribution in [0.5, 0.6) is 0 Å². The third-order valence-corrected chi connectivity index (χ3v) is 2.63. The van der Waals surface area contributed by atoms with Crippen LogP contribution in [0.15, 0.2) is 6.33 Å². The average molecular weight is 307 g/mol. The molecule has 0 aliphatic heterocycles. The van der Waals surface area contributed by atoms with Crippen LogP contribution >= 0.6 is 23.2 Å². The maximum absolute atomic E-state index is 11.5. The van der Waals surface area contributed by atoms with Crippen molar-refractivity contribution in [2.75, 3.05) is 6.54 Å². The van der Waals surface area contributed by atoms with Crippen molar-refractivity contribution in [1.82, 2.24) is 15.3 Å². The Morgan fingerprint density at radius 3 is 2.42 bits per heavy atom. The lowest BCUT2D eigenvalue weighted by atomic mass is 10.1. The van der Waals surface area contributed by atoms with E-state index < -0.39 is 17.7 Å². The predicted molar refractivity (Wildman–Crippen MR) is 73.2 cm³/mol. The number of nitrogens with two attached hydrogens (primary N) is 1. The summed E-state index contributed by atoms with van der Waals surface area (Å²) in [4.78, 5) is 19.1. The van der Waals surface area contributed by atoms with Gasteiger partial charge in [-0.15, -0.1) is 0 Å². The fraction of sp³-hybridized carbons (Fsp3) is 0.545. The van der Waals surface area contributed by atoms with Crippen LogP contribution < -0.4 is 11.1 Å². The van der Waals surface area contributed by atoms with Gasteiger partial charge in [-0.2, -0.15) is 0 Å². The molecule has 3 N–H and O–H groups in total. The van der Waals surface area contributed by atoms with Crippen molar-refractivity contribution < 1.29 is 9.53 Å². The number of halogens is 2. The molecule has 0 saturated carbocycles. The van der Waals surface area contributed by atoms with Gasteiger partial charge in [-0.1, -0.05) is 23.2 Å². The van der Waals surface area contributed by atoms with Gasteiger partial charge in [0, 0.05) is 12.1 Å². The second kappa shape index (κ2) is 6.36. The van der Waals surface area contributed by atoms with E-state index in [1.165, 1.54) is 6.33 Å². The molecule has 0 spiro atoms. The highest BCUT2D eigenvalue weighted by Crippen LogP contribution is 2.24. The first-order valence-electron chi connectivity index (χ1n) is 5.59. The second-order valence-electron chi connectivity index (χ2n) is 4.86. The summed E-state index contributed by atoms with van der Waals surface area (Å²) in [5, 5.41) is 2.86. The molecule has 0 aromatic carbocycles. The predicted octanol–water partition coefficient (Wildman–Crippen LogP) is 2.31. The molecule has 1 unspecified atom stereocenters. The van der Waals surface area contributed by atoms with E-state index in [9.17, 15) is 4.79 Å². The van der Waals surface area contributed by atoms with Crippen LogP contribution in [0, 0.1) is 0 Å². The zero-order valence-corrected chi connectivity index (χ0v) is 12.4. The Morgan fingerprint density at radius 1 is 1.42 bits per heavy atom. The topological polar surface area (TPSA) is 90.1 Å². The van der Waals surface area contributed by atoms with Gasteiger partial charge in [-0.25, -0.2) is 14.8 Å². The fourth-order valence-electron chi connectivity index (χ4n) is 1.27. The second-order valence-corrected chi connectivity index (χ2v) is 5.57. The van der Waals surface area contributed by atoms with Crippen LogP contribution in [0.3, 0.4) is 0 Å². The van der Waals surface area contributed by atoms with Crippen molar-refractivity contribution in [1.29, 1.82) is 0 Å². The van der Waals surface area contributed by atoms with Crippen LogP contribution in [0.2, 0.25) is 10.3 Å². The first-order valence-corrected chi connectivity index (χ1v) is 6.34. The number of alkyl carbamates (subject to hydrolysis) is 1. The molecule has 0 aliphatic rings. The summed E-state index contributed by atoms with van der Waals surface area (Å²) in [7, 11) is 0. The molecule has 8 heteroatoms. The van der Waals surface area contributed by atoms with E-state index in [4.69, 9.17) is 33.7 Å². The van der Waals surface area contributed by atoms with E-state index in [1.54, 1.807) is 20.8 Å². The Hall–Kier alpha value is -1.11. The first kappa shape index (κ1) is 15.9. The molecule has 19 heavy (non-hydrogen) atoms. The van der Waals surface area contributed by atoms with E-state index in [0.717, 1.165) is 0 Å². The van der Waals surface area contributed by atoms with Gasteiger partial charge in [0.2, 0.25) is 0 Å². The monoisotopic (exact) mass is 306 g/mol. The number of hydrogen-bond acceptors (Lipinski definition) is 5. The number of aromatic nitrogens is 2. The average Bonchev–Trinajstić information content (AvgIpc) is 2.23. The maximum Gasteiger partial charge on any atom is 0.407 e. The van der Waals surface area contributed by atoms with Crippen molar-refractivity contribution in [3.05, 3.63) is 22.2 Å². The van der Waals surface area contributed by atoms with Crippen molar-refractivity contribution in [2.24, 2.45) is 5.73 Å². The molecule has 1 atom stereocenters. The number of carbonyl (C=O) groups is 1. The molecule has 106 valence electrons. The smallest absolute Gasteiger partial charge is 0.407 e. The van der Waals surface area contributed by atoms with Gasteiger partial charge in [-0.3, -0.25) is 0 Å². The minimum Gasteiger partial charge on any atom is -0.444 e. The van der Waals surface area contributed by atoms with Crippen molar-refractivity contribution in [2.45, 2.75) is 32.4 Å². The molecule has 0 saturated heterocycles. The van der Waals surface area contributed by atoms with Crippen molar-refractivity contribution in [3.63, 3.8) is 0 Å². The summed E-state index contributed by atoms with van der Waals surface area (Å²) in [6, 6.07) is -0.617. The standard InChI is InChI=1S/C11H16Cl2N4O2/c1-11(2,3)19-10(18)15-4-6(14)7-8(12)16-5-17-9(7)13/h5-6H,4,14H2,1-3H3,(H,15,18). The molecular formula is C11H16Cl2N4O2. The number of nitrogens with zero attached hydrogens (tertiary/aromatic N) is 2. The Morgan fingerprint density at radius 2 is 1.95 bits per heavy atom. The molecule has 1 aromatic heterocycles. The van der Waals surface area contributed by atoms with E-state index in [1.807, 2.05) is 0 Å². The zero-order valence-electron chi connectivity index (χ0n) is 10.9. The summed E-state index contributed by atoms with van der Waals surface area (Å²) in [5.74, 6) is 0. The lowest BCUT2D eigenvalue weighted by molar-refractivity contribution is 0.0524. The SMILES string of the molecule is CC(C)(C)OC(=O)NCC(N)c1c(Cl)ncnc1Cl. The van der Waals surface area contributed by atoms with Gasteiger partial charge in [0.05, 0.1) is 6.04 Å². The Kier molecular flexibility index (Phi) is 5.34. The molecule has 1 aromatic rings. The Bertz CT molecular complexity index is 442. The third kappa shape index (κ3) is 5.18. The highest BCUT2D eigenvalue weighted by molar-refractivity contribution is 6.34. The van der Waals surface area contributed by atoms with E-state index in [0.29, 0.717) is 5.56 Å². The number of ether oxygens (including phenoxy) is 1. The summed E-state index contributed by atoms with van der Waals surface area (Å²) in [6.45, 7) is 5.42. The molecule has 0 radical (unpaired) electrons. The minimum absolute atomic E-state index is 0.113. The van der Waals surface area contributed by atoms with Gasteiger partial charge in [0.1, 0.15) is 22.2 Å². The highest BCUT2D eigenvalue weighted by atomic mass is 35.5. The van der Waals surface area contributed by atoms with Crippen LogP contribution in [-0.2, 0) is 4.74 Å². The van der Waals surface area contributed by atoms with E-state index in [-0.39, 0.29) is 16.9 Å². The minimum atomic E-state index is -0.617. The molecule has 1 rings (SSSR count). The lowest BCUT2D eigenvalue weighted by Crippen LogP contribution is -2.36. The van der Waals surface area contributed by atoms with Gasteiger partial charge in [0.25, 0.3) is 0 Å². The summed E-state index contributed by atoms with van der Waals surface area (Å²) >= 11 is 11.8. The quantitative estimate of drug-likeness (QED) is 0.836. The van der Waals surface area contributed by atoms with Gasteiger partial charge >= 0.3 is 6.09 Å². The number of amides is 1. The van der Waals surface area contributed by atoms with E-state index in [2.05, 4.69) is 15.3 Å². The molecule has 1 heterocycles. The third-order valence-electron chi connectivity index (χ3n) is 2.02. The normalized spacial score (nSPS) is 12.9. The molecule has 1 amide bonds. The van der Waals surface area contributed by atoms with E-state index >= 15 is 0 Å². The number of hydrogen-bond donors (Lipinski definition) is 2. The molecule has 0 bridgehead atoms. The first-order chi connectivity index (χ1) is 8.70. The molecule has 0 fully saturated rings. The van der Waals surface area contributed by atoms with Crippen LogP contribution in [0.1, 0.15) is 32.4 Å². The zero-order chi connectivity index (χ0) is 14.6. The number of nitrogens with one attached hydrogen (secondary N) is 1. The molecular weight excluding hydrogens is 291 g/mol.